The second kappa shape index (κ2) is 5.98. The average Bonchev–Trinajstić information content (AvgIpc) is 2.23. The van der Waals surface area contributed by atoms with Gasteiger partial charge in [-0.1, -0.05) is 0 Å². The van der Waals surface area contributed by atoms with Crippen LogP contribution in [0.1, 0.15) is 12.5 Å². The molecule has 1 aromatic carbocycles. The van der Waals surface area contributed by atoms with Crippen molar-refractivity contribution in [3.8, 4) is 11.5 Å². The third-order valence-electron chi connectivity index (χ3n) is 1.99. The highest BCUT2D eigenvalue weighted by Gasteiger charge is 2.10. The van der Waals surface area contributed by atoms with Crippen LogP contribution in [0.25, 0.3) is 0 Å². The van der Waals surface area contributed by atoms with Crippen LogP contribution in [0.15, 0.2) is 16.6 Å². The van der Waals surface area contributed by atoms with Crippen molar-refractivity contribution in [1.82, 2.24) is 5.32 Å². The van der Waals surface area contributed by atoms with E-state index >= 15 is 0 Å². The standard InChI is InChI=1S/C11H16BrNO2/c1-4-15-11-8(7-13-2)5-9(14-3)6-10(11)12/h5-6,13H,4,7H2,1-3H3. The third-order valence-corrected chi connectivity index (χ3v) is 2.57. The van der Waals surface area contributed by atoms with Crippen molar-refractivity contribution >= 4 is 15.9 Å². The monoisotopic (exact) mass is 273 g/mol. The number of hydrogen-bond acceptors (Lipinski definition) is 3. The highest BCUT2D eigenvalue weighted by molar-refractivity contribution is 9.10. The predicted molar refractivity (Wildman–Crippen MR) is 64.6 cm³/mol. The van der Waals surface area contributed by atoms with Gasteiger partial charge in [-0.2, -0.15) is 0 Å². The van der Waals surface area contributed by atoms with Crippen molar-refractivity contribution in [3.05, 3.63) is 22.2 Å². The summed E-state index contributed by atoms with van der Waals surface area (Å²) in [6.07, 6.45) is 0. The second-order valence-electron chi connectivity index (χ2n) is 3.06. The summed E-state index contributed by atoms with van der Waals surface area (Å²) in [6.45, 7) is 3.38. The smallest absolute Gasteiger partial charge is 0.138 e. The van der Waals surface area contributed by atoms with E-state index in [4.69, 9.17) is 9.47 Å². The summed E-state index contributed by atoms with van der Waals surface area (Å²) >= 11 is 3.48. The molecule has 0 aliphatic heterocycles. The number of methoxy groups -OCH3 is 1. The molecular formula is C11H16BrNO2. The van der Waals surface area contributed by atoms with E-state index in [1.165, 1.54) is 0 Å². The maximum Gasteiger partial charge on any atom is 0.138 e. The van der Waals surface area contributed by atoms with Gasteiger partial charge < -0.3 is 14.8 Å². The Bertz CT molecular complexity index is 329. The average molecular weight is 274 g/mol. The molecule has 15 heavy (non-hydrogen) atoms. The molecule has 0 spiro atoms. The van der Waals surface area contributed by atoms with E-state index in [9.17, 15) is 0 Å². The lowest BCUT2D eigenvalue weighted by Crippen LogP contribution is -2.08. The van der Waals surface area contributed by atoms with Gasteiger partial charge in [0.2, 0.25) is 0 Å². The van der Waals surface area contributed by atoms with E-state index in [2.05, 4.69) is 21.2 Å². The zero-order valence-electron chi connectivity index (χ0n) is 9.26. The summed E-state index contributed by atoms with van der Waals surface area (Å²) in [4.78, 5) is 0. The van der Waals surface area contributed by atoms with Gasteiger partial charge in [-0.25, -0.2) is 0 Å². The van der Waals surface area contributed by atoms with E-state index in [0.717, 1.165) is 28.1 Å². The van der Waals surface area contributed by atoms with Crippen LogP contribution in [0.5, 0.6) is 11.5 Å². The van der Waals surface area contributed by atoms with Gasteiger partial charge in [0.1, 0.15) is 11.5 Å². The van der Waals surface area contributed by atoms with Gasteiger partial charge >= 0.3 is 0 Å². The number of hydrogen-bond donors (Lipinski definition) is 1. The zero-order chi connectivity index (χ0) is 11.3. The van der Waals surface area contributed by atoms with Crippen molar-refractivity contribution in [2.24, 2.45) is 0 Å². The lowest BCUT2D eigenvalue weighted by molar-refractivity contribution is 0.332. The first-order valence-electron chi connectivity index (χ1n) is 4.86. The molecule has 1 aromatic rings. The molecule has 1 N–H and O–H groups in total. The van der Waals surface area contributed by atoms with Crippen molar-refractivity contribution < 1.29 is 9.47 Å². The molecule has 1 rings (SSSR count). The van der Waals surface area contributed by atoms with Crippen LogP contribution in [0.4, 0.5) is 0 Å². The van der Waals surface area contributed by atoms with Gasteiger partial charge in [0.05, 0.1) is 18.2 Å². The van der Waals surface area contributed by atoms with Gasteiger partial charge in [-0.05, 0) is 42.0 Å². The van der Waals surface area contributed by atoms with Crippen LogP contribution in [0, 0.1) is 0 Å². The minimum atomic E-state index is 0.654. The minimum absolute atomic E-state index is 0.654. The lowest BCUT2D eigenvalue weighted by atomic mass is 10.2. The summed E-state index contributed by atoms with van der Waals surface area (Å²) in [5, 5.41) is 3.10. The first kappa shape index (κ1) is 12.3. The Balaban J connectivity index is 3.10. The molecule has 3 nitrogen and oxygen atoms in total. The van der Waals surface area contributed by atoms with Gasteiger partial charge in [-0.15, -0.1) is 0 Å². The molecule has 0 unspecified atom stereocenters. The Morgan fingerprint density at radius 3 is 2.67 bits per heavy atom. The fourth-order valence-corrected chi connectivity index (χ4v) is 1.96. The number of nitrogens with one attached hydrogen (secondary N) is 1. The largest absolute Gasteiger partial charge is 0.497 e. The van der Waals surface area contributed by atoms with Gasteiger partial charge in [0, 0.05) is 12.1 Å². The van der Waals surface area contributed by atoms with E-state index in [1.54, 1.807) is 7.11 Å². The Kier molecular flexibility index (Phi) is 4.91. The summed E-state index contributed by atoms with van der Waals surface area (Å²) in [7, 11) is 3.56. The molecule has 84 valence electrons. The molecule has 0 heterocycles. The third kappa shape index (κ3) is 3.11. The van der Waals surface area contributed by atoms with E-state index in [1.807, 2.05) is 26.1 Å². The number of rotatable bonds is 5. The predicted octanol–water partition coefficient (Wildman–Crippen LogP) is 2.58. The maximum atomic E-state index is 5.58. The van der Waals surface area contributed by atoms with Gasteiger partial charge in [0.15, 0.2) is 0 Å². The molecule has 4 heteroatoms. The quantitative estimate of drug-likeness (QED) is 0.895. The molecule has 0 saturated heterocycles. The number of halogens is 1. The molecule has 0 saturated carbocycles. The SMILES string of the molecule is CCOc1c(Br)cc(OC)cc1CNC. The molecule has 0 aliphatic carbocycles. The van der Waals surface area contributed by atoms with Gasteiger partial charge in [0.25, 0.3) is 0 Å². The fraction of sp³-hybridized carbons (Fsp3) is 0.455. The molecular weight excluding hydrogens is 258 g/mol. The van der Waals surface area contributed by atoms with E-state index in [-0.39, 0.29) is 0 Å². The van der Waals surface area contributed by atoms with Crippen LogP contribution >= 0.6 is 15.9 Å². The summed E-state index contributed by atoms with van der Waals surface area (Å²) < 4.78 is 11.7. The van der Waals surface area contributed by atoms with E-state index in [0.29, 0.717) is 6.61 Å². The van der Waals surface area contributed by atoms with Crippen LogP contribution < -0.4 is 14.8 Å². The first-order valence-corrected chi connectivity index (χ1v) is 5.66. The van der Waals surface area contributed by atoms with Crippen LogP contribution in [-0.2, 0) is 6.54 Å². The Labute approximate surface area is 98.9 Å². The van der Waals surface area contributed by atoms with Crippen LogP contribution in [0.3, 0.4) is 0 Å². The van der Waals surface area contributed by atoms with Crippen LogP contribution in [0.2, 0.25) is 0 Å². The Morgan fingerprint density at radius 2 is 2.13 bits per heavy atom. The van der Waals surface area contributed by atoms with Crippen molar-refractivity contribution in [3.63, 3.8) is 0 Å². The highest BCUT2D eigenvalue weighted by atomic mass is 79.9. The molecule has 0 bridgehead atoms. The summed E-state index contributed by atoms with van der Waals surface area (Å²) in [5.41, 5.74) is 1.09. The zero-order valence-corrected chi connectivity index (χ0v) is 10.8. The highest BCUT2D eigenvalue weighted by Crippen LogP contribution is 2.33. The number of ether oxygens (including phenoxy) is 2. The fourth-order valence-electron chi connectivity index (χ4n) is 1.37. The first-order chi connectivity index (χ1) is 7.22. The topological polar surface area (TPSA) is 30.5 Å². The molecule has 0 aromatic heterocycles. The van der Waals surface area contributed by atoms with Gasteiger partial charge in [-0.3, -0.25) is 0 Å². The maximum absolute atomic E-state index is 5.58. The molecule has 0 radical (unpaired) electrons. The molecule has 0 fully saturated rings. The lowest BCUT2D eigenvalue weighted by Gasteiger charge is -2.13. The van der Waals surface area contributed by atoms with Crippen molar-refractivity contribution in [2.75, 3.05) is 20.8 Å². The minimum Gasteiger partial charge on any atom is -0.497 e. The summed E-state index contributed by atoms with van der Waals surface area (Å²) in [6, 6.07) is 3.89. The second-order valence-corrected chi connectivity index (χ2v) is 3.92. The number of benzene rings is 1. The molecule has 0 atom stereocenters. The normalized spacial score (nSPS) is 10.1. The molecule has 0 amide bonds. The summed E-state index contributed by atoms with van der Waals surface area (Å²) in [5.74, 6) is 1.71. The molecule has 0 aliphatic rings. The Hall–Kier alpha value is -0.740. The van der Waals surface area contributed by atoms with E-state index < -0.39 is 0 Å². The van der Waals surface area contributed by atoms with Crippen molar-refractivity contribution in [1.29, 1.82) is 0 Å². The van der Waals surface area contributed by atoms with Crippen LogP contribution in [-0.4, -0.2) is 20.8 Å². The Morgan fingerprint density at radius 1 is 1.40 bits per heavy atom. The van der Waals surface area contributed by atoms with Crippen molar-refractivity contribution in [2.45, 2.75) is 13.5 Å².